The minimum Gasteiger partial charge on any atom is -0.0616 e. The van der Waals surface area contributed by atoms with Crippen LogP contribution in [0.3, 0.4) is 0 Å². The van der Waals surface area contributed by atoms with Crippen molar-refractivity contribution < 1.29 is 0 Å². The summed E-state index contributed by atoms with van der Waals surface area (Å²) < 4.78 is 0. The van der Waals surface area contributed by atoms with E-state index in [2.05, 4.69) is 170 Å². The predicted octanol–water partition coefficient (Wildman–Crippen LogP) is 13.1. The molecule has 0 saturated carbocycles. The van der Waals surface area contributed by atoms with Crippen LogP contribution in [0.5, 0.6) is 0 Å². The van der Waals surface area contributed by atoms with Gasteiger partial charge < -0.3 is 0 Å². The van der Waals surface area contributed by atoms with Gasteiger partial charge in [0.1, 0.15) is 0 Å². The third kappa shape index (κ3) is 3.56. The van der Waals surface area contributed by atoms with Gasteiger partial charge in [0.15, 0.2) is 0 Å². The van der Waals surface area contributed by atoms with Gasteiger partial charge in [0.05, 0.1) is 0 Å². The van der Waals surface area contributed by atoms with E-state index in [0.29, 0.717) is 0 Å². The quantitative estimate of drug-likeness (QED) is 0.141. The summed E-state index contributed by atoms with van der Waals surface area (Å²) in [4.78, 5) is 0. The maximum absolute atomic E-state index is 2.43. The summed E-state index contributed by atoms with van der Waals surface area (Å²) in [5, 5.41) is 18.1. The van der Waals surface area contributed by atoms with Gasteiger partial charge in [-0.2, -0.15) is 0 Å². The maximum atomic E-state index is 2.43. The number of benzene rings is 10. The first kappa shape index (κ1) is 25.4. The summed E-state index contributed by atoms with van der Waals surface area (Å²) in [5.74, 6) is 0. The molecule has 46 heavy (non-hydrogen) atoms. The van der Waals surface area contributed by atoms with E-state index in [1.165, 1.54) is 97.7 Å². The molecule has 10 rings (SSSR count). The molecule has 0 nitrogen and oxygen atoms in total. The van der Waals surface area contributed by atoms with Gasteiger partial charge in [-0.05, 0) is 104 Å². The first-order chi connectivity index (χ1) is 22.8. The molecule has 212 valence electrons. The standard InChI is InChI=1S/C46H28/c1-2-13-31-29(12-1)24-26-37-32(31)22-11-23-39(37)46-42-20-9-7-18-40(42)45(41-19-8-10-21-43(41)46)30-25-27-38-35-16-4-3-14-33(35)34-15-5-6-17-36(34)44(38)28-30/h1-28H. The van der Waals surface area contributed by atoms with Crippen molar-refractivity contribution in [3.8, 4) is 22.3 Å². The average molecular weight is 581 g/mol. The first-order valence-corrected chi connectivity index (χ1v) is 16.0. The number of rotatable bonds is 2. The maximum Gasteiger partial charge on any atom is -0.00201 e. The fourth-order valence-electron chi connectivity index (χ4n) is 8.05. The van der Waals surface area contributed by atoms with Crippen LogP contribution >= 0.6 is 0 Å². The highest BCUT2D eigenvalue weighted by Gasteiger charge is 2.19. The normalized spacial score (nSPS) is 11.9. The minimum absolute atomic E-state index is 1.25. The Morgan fingerprint density at radius 1 is 0.217 bits per heavy atom. The molecule has 0 aromatic heterocycles. The highest BCUT2D eigenvalue weighted by Crippen LogP contribution is 2.47. The van der Waals surface area contributed by atoms with Crippen LogP contribution in [0.15, 0.2) is 170 Å². The van der Waals surface area contributed by atoms with Gasteiger partial charge >= 0.3 is 0 Å². The van der Waals surface area contributed by atoms with Crippen LogP contribution in [0.4, 0.5) is 0 Å². The summed E-state index contributed by atoms with van der Waals surface area (Å²) in [5.41, 5.74) is 5.11. The van der Waals surface area contributed by atoms with E-state index >= 15 is 0 Å². The Labute approximate surface area is 266 Å². The zero-order chi connectivity index (χ0) is 30.2. The monoisotopic (exact) mass is 580 g/mol. The molecule has 0 unspecified atom stereocenters. The molecule has 10 aromatic carbocycles. The van der Waals surface area contributed by atoms with E-state index in [9.17, 15) is 0 Å². The van der Waals surface area contributed by atoms with E-state index in [-0.39, 0.29) is 0 Å². The lowest BCUT2D eigenvalue weighted by molar-refractivity contribution is 1.69. The van der Waals surface area contributed by atoms with Crippen molar-refractivity contribution in [2.24, 2.45) is 0 Å². The van der Waals surface area contributed by atoms with E-state index < -0.39 is 0 Å². The highest BCUT2D eigenvalue weighted by atomic mass is 14.2. The van der Waals surface area contributed by atoms with Crippen molar-refractivity contribution in [3.05, 3.63) is 170 Å². The summed E-state index contributed by atoms with van der Waals surface area (Å²) in [6.07, 6.45) is 0. The lowest BCUT2D eigenvalue weighted by Crippen LogP contribution is -1.92. The van der Waals surface area contributed by atoms with Gasteiger partial charge in [-0.1, -0.05) is 164 Å². The Bertz CT molecular complexity index is 2760. The Morgan fingerprint density at radius 2 is 0.630 bits per heavy atom. The van der Waals surface area contributed by atoms with Crippen LogP contribution in [0.2, 0.25) is 0 Å². The molecule has 0 aliphatic rings. The summed E-state index contributed by atoms with van der Waals surface area (Å²) in [6.45, 7) is 0. The van der Waals surface area contributed by atoms with Crippen molar-refractivity contribution in [2.75, 3.05) is 0 Å². The van der Waals surface area contributed by atoms with Gasteiger partial charge in [0.25, 0.3) is 0 Å². The summed E-state index contributed by atoms with van der Waals surface area (Å²) in [6, 6.07) is 62.8. The van der Waals surface area contributed by atoms with Crippen LogP contribution in [0, 0.1) is 0 Å². The second-order valence-electron chi connectivity index (χ2n) is 12.4. The van der Waals surface area contributed by atoms with Crippen LogP contribution in [-0.2, 0) is 0 Å². The van der Waals surface area contributed by atoms with Crippen molar-refractivity contribution >= 4 is 75.4 Å². The molecule has 0 amide bonds. The molecule has 0 heterocycles. The van der Waals surface area contributed by atoms with Crippen molar-refractivity contribution in [2.45, 2.75) is 0 Å². The number of hydrogen-bond acceptors (Lipinski definition) is 0. The fraction of sp³-hybridized carbons (Fsp3) is 0. The van der Waals surface area contributed by atoms with Gasteiger partial charge in [-0.25, -0.2) is 0 Å². The number of hydrogen-bond donors (Lipinski definition) is 0. The molecule has 0 N–H and O–H groups in total. The molecule has 0 aliphatic heterocycles. The molecular formula is C46H28. The molecule has 0 radical (unpaired) electrons. The molecule has 0 heteroatoms. The first-order valence-electron chi connectivity index (χ1n) is 16.0. The average Bonchev–Trinajstić information content (AvgIpc) is 3.13. The van der Waals surface area contributed by atoms with Crippen LogP contribution in [0.1, 0.15) is 0 Å². The molecule has 0 saturated heterocycles. The molecule has 0 atom stereocenters. The third-order valence-electron chi connectivity index (χ3n) is 10.0. The molecular weight excluding hydrogens is 553 g/mol. The Kier molecular flexibility index (Phi) is 5.38. The minimum atomic E-state index is 1.25. The van der Waals surface area contributed by atoms with E-state index in [4.69, 9.17) is 0 Å². The lowest BCUT2D eigenvalue weighted by Gasteiger charge is -2.19. The second-order valence-corrected chi connectivity index (χ2v) is 12.4. The van der Waals surface area contributed by atoms with Crippen LogP contribution < -0.4 is 0 Å². The zero-order valence-electron chi connectivity index (χ0n) is 25.2. The molecule has 0 bridgehead atoms. The zero-order valence-corrected chi connectivity index (χ0v) is 25.2. The van der Waals surface area contributed by atoms with Gasteiger partial charge in [0, 0.05) is 0 Å². The van der Waals surface area contributed by atoms with Gasteiger partial charge in [-0.15, -0.1) is 0 Å². The van der Waals surface area contributed by atoms with Crippen molar-refractivity contribution in [1.29, 1.82) is 0 Å². The van der Waals surface area contributed by atoms with Gasteiger partial charge in [-0.3, -0.25) is 0 Å². The fourth-order valence-corrected chi connectivity index (χ4v) is 8.05. The van der Waals surface area contributed by atoms with E-state index in [0.717, 1.165) is 0 Å². The smallest absolute Gasteiger partial charge is 0.00201 e. The van der Waals surface area contributed by atoms with Crippen molar-refractivity contribution in [1.82, 2.24) is 0 Å². The van der Waals surface area contributed by atoms with Gasteiger partial charge in [0.2, 0.25) is 0 Å². The van der Waals surface area contributed by atoms with Crippen molar-refractivity contribution in [3.63, 3.8) is 0 Å². The summed E-state index contributed by atoms with van der Waals surface area (Å²) >= 11 is 0. The Hall–Kier alpha value is -5.98. The molecule has 0 fully saturated rings. The molecule has 0 spiro atoms. The predicted molar refractivity (Wildman–Crippen MR) is 200 cm³/mol. The third-order valence-corrected chi connectivity index (χ3v) is 10.0. The topological polar surface area (TPSA) is 0 Å². The van der Waals surface area contributed by atoms with Crippen LogP contribution in [0.25, 0.3) is 97.7 Å². The largest absolute Gasteiger partial charge is 0.0616 e. The summed E-state index contributed by atoms with van der Waals surface area (Å²) in [7, 11) is 0. The second kappa shape index (κ2) is 9.76. The Balaban J connectivity index is 1.33. The molecule has 10 aromatic rings. The highest BCUT2D eigenvalue weighted by molar-refractivity contribution is 6.28. The van der Waals surface area contributed by atoms with E-state index in [1.54, 1.807) is 0 Å². The van der Waals surface area contributed by atoms with Crippen LogP contribution in [-0.4, -0.2) is 0 Å². The van der Waals surface area contributed by atoms with E-state index in [1.807, 2.05) is 0 Å². The Morgan fingerprint density at radius 3 is 1.24 bits per heavy atom. The lowest BCUT2D eigenvalue weighted by atomic mass is 9.83. The number of fused-ring (bicyclic) bond motifs is 11. The SMILES string of the molecule is c1ccc2c(c1)ccc1c(-c3c4ccccc4c(-c4ccc5c6ccccc6c6ccccc6c5c4)c4ccccc34)cccc12. The molecule has 0 aliphatic carbocycles.